The van der Waals surface area contributed by atoms with E-state index in [0.29, 0.717) is 17.5 Å². The third-order valence-electron chi connectivity index (χ3n) is 3.36. The molecule has 0 amide bonds. The van der Waals surface area contributed by atoms with Crippen molar-refractivity contribution in [3.8, 4) is 0 Å². The first-order valence-corrected chi connectivity index (χ1v) is 8.33. The number of aromatic amines is 1. The van der Waals surface area contributed by atoms with E-state index >= 15 is 0 Å². The number of nitrogens with zero attached hydrogens (tertiary/aromatic N) is 1. The van der Waals surface area contributed by atoms with Gasteiger partial charge in [0.25, 0.3) is 15.8 Å². The van der Waals surface area contributed by atoms with E-state index in [2.05, 4.69) is 14.9 Å². The number of hydrogen-bond donors (Lipinski definition) is 3. The Morgan fingerprint density at radius 1 is 1.04 bits per heavy atom. The molecule has 0 aliphatic heterocycles. The molecule has 3 aromatic rings. The van der Waals surface area contributed by atoms with Crippen molar-refractivity contribution in [2.45, 2.75) is 6.42 Å². The van der Waals surface area contributed by atoms with Gasteiger partial charge < -0.3 is 0 Å². The topological polar surface area (TPSA) is 118 Å². The van der Waals surface area contributed by atoms with E-state index in [1.54, 1.807) is 36.4 Å². The van der Waals surface area contributed by atoms with Gasteiger partial charge in [-0.3, -0.25) is 9.52 Å². The standard InChI is InChI=1S/C15H14N4O3S.ClH/c16-23(21,22)19-11-7-5-10(6-8-11)9-14-12-3-1-2-4-13(12)15(20)18-17-14;/h1-8,19H,9H2,(H,18,20)(H2,16,21,22);1H. The van der Waals surface area contributed by atoms with Gasteiger partial charge in [-0.2, -0.15) is 13.5 Å². The van der Waals surface area contributed by atoms with Crippen LogP contribution in [-0.2, 0) is 16.6 Å². The van der Waals surface area contributed by atoms with Crippen LogP contribution in [-0.4, -0.2) is 18.6 Å². The highest BCUT2D eigenvalue weighted by atomic mass is 35.5. The number of anilines is 1. The number of H-pyrrole nitrogens is 1. The van der Waals surface area contributed by atoms with E-state index in [1.165, 1.54) is 0 Å². The van der Waals surface area contributed by atoms with Gasteiger partial charge in [0, 0.05) is 17.5 Å². The lowest BCUT2D eigenvalue weighted by Crippen LogP contribution is -2.21. The fourth-order valence-corrected chi connectivity index (χ4v) is 2.82. The lowest BCUT2D eigenvalue weighted by atomic mass is 10.0. The zero-order valence-corrected chi connectivity index (χ0v) is 14.0. The smallest absolute Gasteiger partial charge is 0.271 e. The van der Waals surface area contributed by atoms with Gasteiger partial charge in [0.15, 0.2) is 0 Å². The van der Waals surface area contributed by atoms with Crippen LogP contribution in [0, 0.1) is 0 Å². The first-order valence-electron chi connectivity index (χ1n) is 6.78. The first kappa shape index (κ1) is 17.9. The molecule has 1 aromatic heterocycles. The monoisotopic (exact) mass is 366 g/mol. The van der Waals surface area contributed by atoms with Crippen molar-refractivity contribution >= 4 is 39.1 Å². The fraction of sp³-hybridized carbons (Fsp3) is 0.0667. The molecule has 0 spiro atoms. The summed E-state index contributed by atoms with van der Waals surface area (Å²) in [5, 5.41) is 12.9. The minimum absolute atomic E-state index is 0. The molecule has 0 atom stereocenters. The second-order valence-corrected chi connectivity index (χ2v) is 6.36. The van der Waals surface area contributed by atoms with Crippen molar-refractivity contribution in [2.75, 3.05) is 4.72 Å². The minimum atomic E-state index is -3.78. The predicted octanol–water partition coefficient (Wildman–Crippen LogP) is 1.55. The third kappa shape index (κ3) is 4.10. The summed E-state index contributed by atoms with van der Waals surface area (Å²) in [5.41, 5.74) is 1.83. The molecule has 0 unspecified atom stereocenters. The van der Waals surface area contributed by atoms with Crippen LogP contribution >= 0.6 is 12.4 Å². The molecule has 1 heterocycles. The molecule has 7 nitrogen and oxygen atoms in total. The molecule has 0 fully saturated rings. The van der Waals surface area contributed by atoms with Gasteiger partial charge in [-0.15, -0.1) is 12.4 Å². The van der Waals surface area contributed by atoms with E-state index in [1.807, 2.05) is 12.1 Å². The van der Waals surface area contributed by atoms with Gasteiger partial charge in [0.2, 0.25) is 0 Å². The number of nitrogens with two attached hydrogens (primary N) is 1. The molecule has 9 heteroatoms. The van der Waals surface area contributed by atoms with Crippen LogP contribution < -0.4 is 15.4 Å². The molecule has 24 heavy (non-hydrogen) atoms. The highest BCUT2D eigenvalue weighted by molar-refractivity contribution is 7.90. The molecule has 126 valence electrons. The Morgan fingerprint density at radius 3 is 2.29 bits per heavy atom. The molecule has 3 rings (SSSR count). The fourth-order valence-electron chi connectivity index (χ4n) is 2.35. The Balaban J connectivity index is 0.00000208. The Bertz CT molecular complexity index is 1020. The number of fused-ring (bicyclic) bond motifs is 1. The maximum absolute atomic E-state index is 11.8. The zero-order valence-electron chi connectivity index (χ0n) is 12.4. The van der Waals surface area contributed by atoms with Crippen LogP contribution in [0.3, 0.4) is 0 Å². The molecular formula is C15H15ClN4O3S. The maximum Gasteiger partial charge on any atom is 0.296 e. The van der Waals surface area contributed by atoms with E-state index in [-0.39, 0.29) is 18.0 Å². The average Bonchev–Trinajstić information content (AvgIpc) is 2.51. The molecule has 0 aliphatic carbocycles. The van der Waals surface area contributed by atoms with Crippen LogP contribution in [0.2, 0.25) is 0 Å². The molecule has 0 saturated carbocycles. The molecule has 0 radical (unpaired) electrons. The number of halogens is 1. The van der Waals surface area contributed by atoms with Gasteiger partial charge in [-0.05, 0) is 23.8 Å². The van der Waals surface area contributed by atoms with E-state index in [0.717, 1.165) is 16.6 Å². The summed E-state index contributed by atoms with van der Waals surface area (Å²) in [7, 11) is -3.78. The highest BCUT2D eigenvalue weighted by Crippen LogP contribution is 2.18. The van der Waals surface area contributed by atoms with Gasteiger partial charge in [0.1, 0.15) is 0 Å². The Labute approximate surface area is 144 Å². The second-order valence-electron chi connectivity index (χ2n) is 5.07. The summed E-state index contributed by atoms with van der Waals surface area (Å²) in [4.78, 5) is 11.8. The van der Waals surface area contributed by atoms with Gasteiger partial charge in [-0.1, -0.05) is 30.3 Å². The van der Waals surface area contributed by atoms with E-state index < -0.39 is 10.2 Å². The van der Waals surface area contributed by atoms with Crippen LogP contribution in [0.5, 0.6) is 0 Å². The number of benzene rings is 2. The quantitative estimate of drug-likeness (QED) is 0.649. The maximum atomic E-state index is 11.8. The van der Waals surface area contributed by atoms with E-state index in [4.69, 9.17) is 5.14 Å². The molecule has 0 aliphatic rings. The molecule has 0 bridgehead atoms. The minimum Gasteiger partial charge on any atom is -0.271 e. The Morgan fingerprint density at radius 2 is 1.67 bits per heavy atom. The van der Waals surface area contributed by atoms with Crippen molar-refractivity contribution in [3.05, 3.63) is 70.1 Å². The summed E-state index contributed by atoms with van der Waals surface area (Å²) in [5.74, 6) is 0. The summed E-state index contributed by atoms with van der Waals surface area (Å²) < 4.78 is 24.2. The first-order chi connectivity index (χ1) is 10.9. The molecule has 2 aromatic carbocycles. The van der Waals surface area contributed by atoms with Crippen molar-refractivity contribution in [2.24, 2.45) is 5.14 Å². The number of aromatic nitrogens is 2. The Hall–Kier alpha value is -2.42. The zero-order chi connectivity index (χ0) is 16.4. The van der Waals surface area contributed by atoms with Crippen molar-refractivity contribution in [1.82, 2.24) is 10.2 Å². The summed E-state index contributed by atoms with van der Waals surface area (Å²) in [6, 6.07) is 14.0. The van der Waals surface area contributed by atoms with Gasteiger partial charge in [-0.25, -0.2) is 10.2 Å². The molecule has 4 N–H and O–H groups in total. The van der Waals surface area contributed by atoms with Crippen molar-refractivity contribution in [3.63, 3.8) is 0 Å². The number of rotatable bonds is 4. The molecule has 0 saturated heterocycles. The largest absolute Gasteiger partial charge is 0.296 e. The van der Waals surface area contributed by atoms with Crippen LogP contribution in [0.4, 0.5) is 5.69 Å². The third-order valence-corrected chi connectivity index (χ3v) is 3.88. The van der Waals surface area contributed by atoms with Crippen molar-refractivity contribution in [1.29, 1.82) is 0 Å². The number of hydrogen-bond acceptors (Lipinski definition) is 4. The van der Waals surface area contributed by atoms with Crippen molar-refractivity contribution < 1.29 is 8.42 Å². The number of nitrogens with one attached hydrogen (secondary N) is 2. The van der Waals surface area contributed by atoms with Crippen LogP contribution in [0.15, 0.2) is 53.3 Å². The predicted molar refractivity (Wildman–Crippen MR) is 95.6 cm³/mol. The summed E-state index contributed by atoms with van der Waals surface area (Å²) in [6.07, 6.45) is 0.507. The summed E-state index contributed by atoms with van der Waals surface area (Å²) >= 11 is 0. The Kier molecular flexibility index (Phi) is 5.23. The lowest BCUT2D eigenvalue weighted by Gasteiger charge is -2.07. The normalized spacial score (nSPS) is 11.0. The molecular weight excluding hydrogens is 352 g/mol. The average molecular weight is 367 g/mol. The highest BCUT2D eigenvalue weighted by Gasteiger charge is 2.07. The lowest BCUT2D eigenvalue weighted by molar-refractivity contribution is 0.603. The van der Waals surface area contributed by atoms with Gasteiger partial charge >= 0.3 is 0 Å². The van der Waals surface area contributed by atoms with E-state index in [9.17, 15) is 13.2 Å². The van der Waals surface area contributed by atoms with Gasteiger partial charge in [0.05, 0.1) is 11.1 Å². The van der Waals surface area contributed by atoms with Crippen LogP contribution in [0.1, 0.15) is 11.3 Å². The second kappa shape index (κ2) is 7.00. The summed E-state index contributed by atoms with van der Waals surface area (Å²) in [6.45, 7) is 0. The SMILES string of the molecule is Cl.NS(=O)(=O)Nc1ccc(Cc2n[nH]c(=O)c3ccccc23)cc1. The van der Waals surface area contributed by atoms with Crippen LogP contribution in [0.25, 0.3) is 10.8 Å².